The molecular weight excluding hydrogens is 524 g/mol. The number of aromatic nitrogens is 4. The van der Waals surface area contributed by atoms with E-state index in [4.69, 9.17) is 14.2 Å². The van der Waals surface area contributed by atoms with Gasteiger partial charge < -0.3 is 19.5 Å². The average Bonchev–Trinajstić information content (AvgIpc) is 3.32. The molecule has 0 aliphatic heterocycles. The summed E-state index contributed by atoms with van der Waals surface area (Å²) in [7, 11) is 0. The lowest BCUT2D eigenvalue weighted by Crippen LogP contribution is -2.41. The zero-order chi connectivity index (χ0) is 29.6. The van der Waals surface area contributed by atoms with E-state index < -0.39 is 17.7 Å². The summed E-state index contributed by atoms with van der Waals surface area (Å²) in [5.74, 6) is 0.151. The van der Waals surface area contributed by atoms with Gasteiger partial charge >= 0.3 is 6.09 Å². The predicted molar refractivity (Wildman–Crippen MR) is 154 cm³/mol. The summed E-state index contributed by atoms with van der Waals surface area (Å²) in [4.78, 5) is 50.4. The maximum absolute atomic E-state index is 13.9. The molecule has 11 nitrogen and oxygen atoms in total. The quantitative estimate of drug-likeness (QED) is 0.277. The van der Waals surface area contributed by atoms with Crippen molar-refractivity contribution >= 4 is 23.1 Å². The molecule has 0 aliphatic rings. The molecule has 3 heterocycles. The third-order valence-electron chi connectivity index (χ3n) is 6.47. The van der Waals surface area contributed by atoms with Gasteiger partial charge in [-0.2, -0.15) is 4.98 Å². The molecule has 1 atom stereocenters. The van der Waals surface area contributed by atoms with Gasteiger partial charge in [0.15, 0.2) is 0 Å². The first-order valence-corrected chi connectivity index (χ1v) is 13.7. The average molecular weight is 561 g/mol. The second kappa shape index (κ2) is 12.8. The lowest BCUT2D eigenvalue weighted by atomic mass is 10.1. The molecule has 0 saturated heterocycles. The van der Waals surface area contributed by atoms with Crippen molar-refractivity contribution in [1.29, 1.82) is 0 Å². The van der Waals surface area contributed by atoms with Crippen LogP contribution in [0.1, 0.15) is 74.0 Å². The summed E-state index contributed by atoms with van der Waals surface area (Å²) >= 11 is 0. The Morgan fingerprint density at radius 3 is 2.49 bits per heavy atom. The van der Waals surface area contributed by atoms with E-state index in [0.29, 0.717) is 35.3 Å². The van der Waals surface area contributed by atoms with Crippen LogP contribution < -0.4 is 10.9 Å². The van der Waals surface area contributed by atoms with Gasteiger partial charge in [0, 0.05) is 31.0 Å². The summed E-state index contributed by atoms with van der Waals surface area (Å²) in [6.07, 6.45) is 3.50. The summed E-state index contributed by atoms with van der Waals surface area (Å²) < 4.78 is 12.3. The second-order valence-electron chi connectivity index (χ2n) is 10.7. The lowest BCUT2D eigenvalue weighted by Gasteiger charge is -2.32. The van der Waals surface area contributed by atoms with Crippen LogP contribution in [-0.4, -0.2) is 55.3 Å². The van der Waals surface area contributed by atoms with Gasteiger partial charge in [0.25, 0.3) is 17.2 Å². The summed E-state index contributed by atoms with van der Waals surface area (Å²) in [6.45, 7) is 9.85. The van der Waals surface area contributed by atoms with E-state index in [1.54, 1.807) is 61.7 Å². The summed E-state index contributed by atoms with van der Waals surface area (Å²) in [6, 6.07) is 12.3. The molecule has 11 heteroatoms. The second-order valence-corrected chi connectivity index (χ2v) is 10.7. The Morgan fingerprint density at radius 1 is 1.12 bits per heavy atom. The van der Waals surface area contributed by atoms with E-state index in [1.165, 1.54) is 0 Å². The van der Waals surface area contributed by atoms with Gasteiger partial charge in [0.2, 0.25) is 0 Å². The highest BCUT2D eigenvalue weighted by atomic mass is 16.6. The van der Waals surface area contributed by atoms with Gasteiger partial charge in [-0.25, -0.2) is 4.79 Å². The zero-order valence-electron chi connectivity index (χ0n) is 24.1. The van der Waals surface area contributed by atoms with Crippen LogP contribution in [0.4, 0.5) is 4.79 Å². The van der Waals surface area contributed by atoms with Crippen molar-refractivity contribution in [1.82, 2.24) is 29.9 Å². The number of fused-ring (bicyclic) bond motifs is 1. The predicted octanol–water partition coefficient (Wildman–Crippen LogP) is 4.64. The molecule has 41 heavy (non-hydrogen) atoms. The number of ether oxygens (including phenoxy) is 1. The number of nitrogens with one attached hydrogen (secondary N) is 1. The molecule has 0 spiro atoms. The van der Waals surface area contributed by atoms with Crippen LogP contribution in [0, 0.1) is 6.92 Å². The molecule has 216 valence electrons. The maximum atomic E-state index is 13.9. The lowest BCUT2D eigenvalue weighted by molar-refractivity contribution is 0.0523. The largest absolute Gasteiger partial charge is 0.444 e. The first kappa shape index (κ1) is 29.4. The van der Waals surface area contributed by atoms with Crippen LogP contribution in [0.25, 0.3) is 11.1 Å². The van der Waals surface area contributed by atoms with Crippen molar-refractivity contribution in [2.24, 2.45) is 0 Å². The Hall–Kier alpha value is -4.54. The molecule has 4 aromatic rings. The van der Waals surface area contributed by atoms with E-state index in [2.05, 4.69) is 15.5 Å². The number of aryl methyl sites for hydroxylation is 1. The van der Waals surface area contributed by atoms with Gasteiger partial charge in [-0.15, -0.1) is 0 Å². The first-order valence-electron chi connectivity index (χ1n) is 13.7. The highest BCUT2D eigenvalue weighted by Gasteiger charge is 2.30. The number of carbonyl (C=O) groups is 2. The number of hydrogen-bond donors (Lipinski definition) is 1. The smallest absolute Gasteiger partial charge is 0.407 e. The number of hydrogen-bond acceptors (Lipinski definition) is 8. The third kappa shape index (κ3) is 7.16. The van der Waals surface area contributed by atoms with Crippen LogP contribution in [0.2, 0.25) is 0 Å². The maximum Gasteiger partial charge on any atom is 0.407 e. The van der Waals surface area contributed by atoms with Crippen molar-refractivity contribution in [2.45, 2.75) is 65.6 Å². The van der Waals surface area contributed by atoms with Crippen LogP contribution in [0.5, 0.6) is 0 Å². The minimum Gasteiger partial charge on any atom is -0.444 e. The minimum absolute atomic E-state index is 0.133. The van der Waals surface area contributed by atoms with Crippen molar-refractivity contribution < 1.29 is 18.8 Å². The Kier molecular flexibility index (Phi) is 9.16. The van der Waals surface area contributed by atoms with Crippen LogP contribution >= 0.6 is 0 Å². The summed E-state index contributed by atoms with van der Waals surface area (Å²) in [5, 5.41) is 7.03. The molecule has 1 N–H and O–H groups in total. The van der Waals surface area contributed by atoms with E-state index >= 15 is 0 Å². The van der Waals surface area contributed by atoms with Gasteiger partial charge in [0.1, 0.15) is 16.8 Å². The van der Waals surface area contributed by atoms with E-state index in [1.807, 2.05) is 37.3 Å². The zero-order valence-corrected chi connectivity index (χ0v) is 24.1. The number of rotatable bonds is 10. The fourth-order valence-electron chi connectivity index (χ4n) is 4.61. The number of pyridine rings is 1. The van der Waals surface area contributed by atoms with Gasteiger partial charge in [-0.05, 0) is 58.2 Å². The fourth-order valence-corrected chi connectivity index (χ4v) is 4.61. The van der Waals surface area contributed by atoms with Crippen molar-refractivity contribution in [3.05, 3.63) is 87.9 Å². The van der Waals surface area contributed by atoms with Gasteiger partial charge in [0.05, 0.1) is 18.3 Å². The summed E-state index contributed by atoms with van der Waals surface area (Å²) in [5.41, 5.74) is 1.05. The van der Waals surface area contributed by atoms with Crippen molar-refractivity contribution in [2.75, 3.05) is 13.1 Å². The molecule has 1 aromatic carbocycles. The first-order chi connectivity index (χ1) is 19.6. The molecule has 2 amide bonds. The highest BCUT2D eigenvalue weighted by Crippen LogP contribution is 2.27. The number of benzene rings is 1. The molecule has 0 saturated carbocycles. The highest BCUT2D eigenvalue weighted by molar-refractivity contribution is 5.94. The molecule has 0 fully saturated rings. The van der Waals surface area contributed by atoms with Crippen LogP contribution in [0.3, 0.4) is 0 Å². The number of carbonyl (C=O) groups excluding carboxylic acids is 2. The number of alkyl carbamates (subject to hydrolysis) is 1. The monoisotopic (exact) mass is 560 g/mol. The Balaban J connectivity index is 1.72. The van der Waals surface area contributed by atoms with Crippen LogP contribution in [0.15, 0.2) is 64.2 Å². The van der Waals surface area contributed by atoms with Crippen LogP contribution in [-0.2, 0) is 11.3 Å². The standard InChI is InChI=1S/C30H36N6O5/c1-6-23(25-33-26-24(20(2)34-41-26)28(38)36(25)19-21-11-8-7-9-12-21)35(27(37)22-13-16-31-17-14-22)18-10-15-32-29(39)40-30(3,4)5/h7-9,11-14,16-17,23H,6,10,15,18-19H2,1-5H3,(H,32,39). The number of nitrogens with zero attached hydrogens (tertiary/aromatic N) is 5. The van der Waals surface area contributed by atoms with E-state index in [9.17, 15) is 14.4 Å². The Morgan fingerprint density at radius 2 is 1.83 bits per heavy atom. The van der Waals surface area contributed by atoms with Gasteiger partial charge in [-0.1, -0.05) is 42.4 Å². The van der Waals surface area contributed by atoms with E-state index in [-0.39, 0.29) is 36.8 Å². The number of amides is 2. The van der Waals surface area contributed by atoms with Crippen molar-refractivity contribution in [3.8, 4) is 0 Å². The molecule has 0 aliphatic carbocycles. The minimum atomic E-state index is -0.619. The SMILES string of the molecule is CCC(c1nc2onc(C)c2c(=O)n1Cc1ccccc1)N(CCCNC(=O)OC(C)(C)C)C(=O)c1ccncc1. The molecular formula is C30H36N6O5. The molecule has 0 bridgehead atoms. The molecule has 3 aromatic heterocycles. The molecule has 1 unspecified atom stereocenters. The third-order valence-corrected chi connectivity index (χ3v) is 6.47. The topological polar surface area (TPSA) is 132 Å². The van der Waals surface area contributed by atoms with E-state index in [0.717, 1.165) is 5.56 Å². The molecule has 4 rings (SSSR count). The van der Waals surface area contributed by atoms with Crippen molar-refractivity contribution in [3.63, 3.8) is 0 Å². The van der Waals surface area contributed by atoms with Gasteiger partial charge in [-0.3, -0.25) is 19.1 Å². The normalized spacial score (nSPS) is 12.2. The fraction of sp³-hybridized carbons (Fsp3) is 0.400. The molecule has 0 radical (unpaired) electrons. The Bertz CT molecular complexity index is 1540. The Labute approximate surface area is 238 Å².